The molecule has 0 radical (unpaired) electrons. The molecule has 1 fully saturated rings. The summed E-state index contributed by atoms with van der Waals surface area (Å²) in [5.74, 6) is 0.338. The fourth-order valence-corrected chi connectivity index (χ4v) is 1.06. The smallest absolute Gasteiger partial charge is 0.408 e. The van der Waals surface area contributed by atoms with Crippen LogP contribution in [-0.2, 0) is 4.74 Å². The topological polar surface area (TPSA) is 62.1 Å². The van der Waals surface area contributed by atoms with Crippen LogP contribution < -0.4 is 5.32 Å². The van der Waals surface area contributed by atoms with E-state index in [9.17, 15) is 4.79 Å². The van der Waals surface area contributed by atoms with E-state index in [1.807, 2.05) is 0 Å². The predicted octanol–water partition coefficient (Wildman–Crippen LogP) is 1.42. The quantitative estimate of drug-likeness (QED) is 0.718. The average molecular weight is 182 g/mol. The molecule has 0 saturated heterocycles. The van der Waals surface area contributed by atoms with Crippen molar-refractivity contribution in [3.8, 4) is 6.07 Å². The fourth-order valence-electron chi connectivity index (χ4n) is 1.06. The Kier molecular flexibility index (Phi) is 3.13. The Labute approximate surface area is 77.9 Å². The van der Waals surface area contributed by atoms with Gasteiger partial charge in [-0.15, -0.1) is 0 Å². The van der Waals surface area contributed by atoms with Gasteiger partial charge in [0.1, 0.15) is 6.04 Å². The first kappa shape index (κ1) is 9.85. The third-order valence-corrected chi connectivity index (χ3v) is 1.85. The van der Waals surface area contributed by atoms with E-state index in [1.165, 1.54) is 0 Å². The van der Waals surface area contributed by atoms with Gasteiger partial charge in [0.25, 0.3) is 0 Å². The first-order chi connectivity index (χ1) is 6.13. The molecule has 4 nitrogen and oxygen atoms in total. The van der Waals surface area contributed by atoms with Crippen molar-refractivity contribution < 1.29 is 9.53 Å². The number of alkyl carbamates (subject to hydrolysis) is 1. The Morgan fingerprint density at radius 2 is 2.23 bits per heavy atom. The molecule has 1 unspecified atom stereocenters. The van der Waals surface area contributed by atoms with Crippen LogP contribution in [0.3, 0.4) is 0 Å². The standard InChI is InChI=1S/C9H14N2O2/c1-6(2)13-9(12)11-8(5-10)7-3-4-7/h6-8H,3-4H2,1-2H3,(H,11,12). The zero-order chi connectivity index (χ0) is 9.84. The Bertz CT molecular complexity index is 228. The van der Waals surface area contributed by atoms with Gasteiger partial charge >= 0.3 is 6.09 Å². The lowest BCUT2D eigenvalue weighted by atomic mass is 10.2. The number of hydrogen-bond donors (Lipinski definition) is 1. The highest BCUT2D eigenvalue weighted by atomic mass is 16.6. The highest BCUT2D eigenvalue weighted by Gasteiger charge is 2.32. The van der Waals surface area contributed by atoms with Crippen molar-refractivity contribution in [1.29, 1.82) is 5.26 Å². The molecule has 4 heteroatoms. The van der Waals surface area contributed by atoms with Crippen molar-refractivity contribution in [1.82, 2.24) is 5.32 Å². The molecular weight excluding hydrogens is 168 g/mol. The van der Waals surface area contributed by atoms with Crippen molar-refractivity contribution in [3.05, 3.63) is 0 Å². The minimum absolute atomic E-state index is 0.140. The molecular formula is C9H14N2O2. The molecule has 13 heavy (non-hydrogen) atoms. The number of nitrogens with zero attached hydrogens (tertiary/aromatic N) is 1. The maximum Gasteiger partial charge on any atom is 0.408 e. The number of hydrogen-bond acceptors (Lipinski definition) is 3. The zero-order valence-electron chi connectivity index (χ0n) is 7.91. The van der Waals surface area contributed by atoms with E-state index in [1.54, 1.807) is 13.8 Å². The number of carbonyl (C=O) groups is 1. The summed E-state index contributed by atoms with van der Waals surface area (Å²) in [6, 6.07) is 1.69. The second-order valence-electron chi connectivity index (χ2n) is 3.54. The number of amides is 1. The summed E-state index contributed by atoms with van der Waals surface area (Å²) in [6.45, 7) is 3.55. The van der Waals surface area contributed by atoms with Crippen molar-refractivity contribution in [2.75, 3.05) is 0 Å². The minimum Gasteiger partial charge on any atom is -0.447 e. The first-order valence-corrected chi connectivity index (χ1v) is 4.50. The van der Waals surface area contributed by atoms with E-state index in [-0.39, 0.29) is 12.1 Å². The molecule has 1 atom stereocenters. The van der Waals surface area contributed by atoms with Crippen LogP contribution in [0.1, 0.15) is 26.7 Å². The third-order valence-electron chi connectivity index (χ3n) is 1.85. The van der Waals surface area contributed by atoms with Gasteiger partial charge < -0.3 is 10.1 Å². The Morgan fingerprint density at radius 3 is 2.62 bits per heavy atom. The van der Waals surface area contributed by atoms with E-state index in [2.05, 4.69) is 11.4 Å². The summed E-state index contributed by atoms with van der Waals surface area (Å²) in [7, 11) is 0. The zero-order valence-corrected chi connectivity index (χ0v) is 7.91. The van der Waals surface area contributed by atoms with Gasteiger partial charge in [-0.1, -0.05) is 0 Å². The lowest BCUT2D eigenvalue weighted by Gasteiger charge is -2.12. The lowest BCUT2D eigenvalue weighted by Crippen LogP contribution is -2.36. The van der Waals surface area contributed by atoms with Crippen LogP contribution in [0.4, 0.5) is 4.79 Å². The molecule has 1 amide bonds. The second-order valence-corrected chi connectivity index (χ2v) is 3.54. The molecule has 0 aliphatic heterocycles. The van der Waals surface area contributed by atoms with Crippen LogP contribution in [0.15, 0.2) is 0 Å². The Hall–Kier alpha value is -1.24. The number of nitriles is 1. The molecule has 1 aliphatic carbocycles. The van der Waals surface area contributed by atoms with E-state index >= 15 is 0 Å². The molecule has 1 rings (SSSR count). The minimum atomic E-state index is -0.492. The normalized spacial score (nSPS) is 17.7. The fraction of sp³-hybridized carbons (Fsp3) is 0.778. The number of ether oxygens (including phenoxy) is 1. The van der Waals surface area contributed by atoms with Crippen LogP contribution in [0, 0.1) is 17.2 Å². The summed E-state index contributed by atoms with van der Waals surface area (Å²) in [4.78, 5) is 11.1. The average Bonchev–Trinajstić information content (AvgIpc) is 2.81. The maximum atomic E-state index is 11.1. The van der Waals surface area contributed by atoms with Gasteiger partial charge in [-0.3, -0.25) is 0 Å². The molecule has 72 valence electrons. The SMILES string of the molecule is CC(C)OC(=O)NC(C#N)C1CC1. The first-order valence-electron chi connectivity index (χ1n) is 4.50. The summed E-state index contributed by atoms with van der Waals surface area (Å²) in [5, 5.41) is 11.2. The number of rotatable bonds is 3. The van der Waals surface area contributed by atoms with Crippen LogP contribution in [-0.4, -0.2) is 18.2 Å². The van der Waals surface area contributed by atoms with Gasteiger partial charge in [0.05, 0.1) is 12.2 Å². The van der Waals surface area contributed by atoms with Gasteiger partial charge in [-0.05, 0) is 32.6 Å². The molecule has 1 aliphatic rings. The van der Waals surface area contributed by atoms with E-state index in [0.29, 0.717) is 5.92 Å². The highest BCUT2D eigenvalue weighted by molar-refractivity contribution is 5.68. The monoisotopic (exact) mass is 182 g/mol. The van der Waals surface area contributed by atoms with Crippen LogP contribution >= 0.6 is 0 Å². The molecule has 1 N–H and O–H groups in total. The van der Waals surface area contributed by atoms with Crippen LogP contribution in [0.25, 0.3) is 0 Å². The van der Waals surface area contributed by atoms with Gasteiger partial charge in [0.2, 0.25) is 0 Å². The molecule has 0 bridgehead atoms. The Balaban J connectivity index is 2.29. The van der Waals surface area contributed by atoms with Gasteiger partial charge in [-0.25, -0.2) is 4.79 Å². The summed E-state index contributed by atoms with van der Waals surface area (Å²) < 4.78 is 4.86. The second kappa shape index (κ2) is 4.13. The van der Waals surface area contributed by atoms with Crippen molar-refractivity contribution in [2.45, 2.75) is 38.8 Å². The largest absolute Gasteiger partial charge is 0.447 e. The molecule has 0 aromatic heterocycles. The molecule has 1 saturated carbocycles. The summed E-state index contributed by atoms with van der Waals surface area (Å²) >= 11 is 0. The van der Waals surface area contributed by atoms with Gasteiger partial charge in [0.15, 0.2) is 0 Å². The highest BCUT2D eigenvalue weighted by Crippen LogP contribution is 2.32. The number of carbonyl (C=O) groups excluding carboxylic acids is 1. The molecule has 0 spiro atoms. The van der Waals surface area contributed by atoms with Crippen molar-refractivity contribution >= 4 is 6.09 Å². The van der Waals surface area contributed by atoms with Crippen LogP contribution in [0.2, 0.25) is 0 Å². The van der Waals surface area contributed by atoms with Crippen molar-refractivity contribution in [3.63, 3.8) is 0 Å². The summed E-state index contributed by atoms with van der Waals surface area (Å²) in [5.41, 5.74) is 0. The molecule has 0 aromatic rings. The Morgan fingerprint density at radius 1 is 1.62 bits per heavy atom. The van der Waals surface area contributed by atoms with Crippen LogP contribution in [0.5, 0.6) is 0 Å². The third kappa shape index (κ3) is 3.32. The van der Waals surface area contributed by atoms with Gasteiger partial charge in [0, 0.05) is 0 Å². The predicted molar refractivity (Wildman–Crippen MR) is 46.9 cm³/mol. The lowest BCUT2D eigenvalue weighted by molar-refractivity contribution is 0.113. The van der Waals surface area contributed by atoms with Gasteiger partial charge in [-0.2, -0.15) is 5.26 Å². The molecule has 0 heterocycles. The summed E-state index contributed by atoms with van der Waals surface area (Å²) in [6.07, 6.45) is 1.42. The van der Waals surface area contributed by atoms with E-state index in [4.69, 9.17) is 10.00 Å². The number of nitrogens with one attached hydrogen (secondary N) is 1. The van der Waals surface area contributed by atoms with Crippen molar-refractivity contribution in [2.24, 2.45) is 5.92 Å². The van der Waals surface area contributed by atoms with E-state index in [0.717, 1.165) is 12.8 Å². The maximum absolute atomic E-state index is 11.1. The van der Waals surface area contributed by atoms with E-state index < -0.39 is 6.09 Å². The molecule has 0 aromatic carbocycles.